The summed E-state index contributed by atoms with van der Waals surface area (Å²) in [5.74, 6) is -3.03. The van der Waals surface area contributed by atoms with E-state index in [-0.39, 0.29) is 11.3 Å². The molecule has 1 heterocycles. The van der Waals surface area contributed by atoms with Crippen molar-refractivity contribution in [2.45, 2.75) is 6.18 Å². The van der Waals surface area contributed by atoms with Crippen LogP contribution in [0.1, 0.15) is 32.0 Å². The van der Waals surface area contributed by atoms with Crippen LogP contribution >= 0.6 is 0 Å². The first kappa shape index (κ1) is 20.0. The largest absolute Gasteiger partial charge is 0.417 e. The highest BCUT2D eigenvalue weighted by atomic mass is 19.4. The molecule has 2 amide bonds. The minimum Gasteiger partial charge on any atom is -0.288 e. The Balaban J connectivity index is 2.24. The maximum Gasteiger partial charge on any atom is 0.417 e. The number of hydroxylamine groups is 1. The molecule has 0 fully saturated rings. The van der Waals surface area contributed by atoms with Gasteiger partial charge in [-0.25, -0.2) is 14.9 Å². The Hall–Kier alpha value is -3.34. The van der Waals surface area contributed by atoms with E-state index in [0.717, 1.165) is 43.7 Å². The number of aromatic nitrogens is 1. The van der Waals surface area contributed by atoms with Gasteiger partial charge in [-0.3, -0.25) is 19.8 Å². The molecule has 0 saturated carbocycles. The van der Waals surface area contributed by atoms with Crippen LogP contribution in [0.5, 0.6) is 0 Å². The Morgan fingerprint density at radius 2 is 1.96 bits per heavy atom. The number of pyridine rings is 1. The highest BCUT2D eigenvalue weighted by Crippen LogP contribution is 2.32. The first-order valence-electron chi connectivity index (χ1n) is 7.23. The van der Waals surface area contributed by atoms with Crippen molar-refractivity contribution in [1.82, 2.24) is 15.5 Å². The zero-order valence-electron chi connectivity index (χ0n) is 13.7. The molecule has 27 heavy (non-hydrogen) atoms. The number of rotatable bonds is 4. The number of halogens is 4. The molecule has 0 aliphatic rings. The van der Waals surface area contributed by atoms with E-state index >= 15 is 0 Å². The van der Waals surface area contributed by atoms with Gasteiger partial charge in [-0.05, 0) is 18.2 Å². The molecular weight excluding hydrogens is 372 g/mol. The van der Waals surface area contributed by atoms with Gasteiger partial charge in [0.1, 0.15) is 5.69 Å². The first-order valence-corrected chi connectivity index (χ1v) is 7.23. The highest BCUT2D eigenvalue weighted by molar-refractivity contribution is 5.96. The van der Waals surface area contributed by atoms with E-state index in [1.54, 1.807) is 0 Å². The van der Waals surface area contributed by atoms with Crippen LogP contribution in [0.2, 0.25) is 0 Å². The zero-order valence-corrected chi connectivity index (χ0v) is 13.7. The second kappa shape index (κ2) is 7.91. The van der Waals surface area contributed by atoms with Gasteiger partial charge in [0, 0.05) is 13.2 Å². The lowest BCUT2D eigenvalue weighted by Gasteiger charge is -2.15. The van der Waals surface area contributed by atoms with Gasteiger partial charge >= 0.3 is 6.18 Å². The Morgan fingerprint density at radius 3 is 2.56 bits per heavy atom. The van der Waals surface area contributed by atoms with Crippen molar-refractivity contribution in [3.63, 3.8) is 0 Å². The van der Waals surface area contributed by atoms with Crippen LogP contribution in [0, 0.1) is 5.82 Å². The van der Waals surface area contributed by atoms with E-state index in [1.165, 1.54) is 11.5 Å². The van der Waals surface area contributed by atoms with Crippen LogP contribution in [-0.2, 0) is 6.18 Å². The van der Waals surface area contributed by atoms with Crippen molar-refractivity contribution in [3.8, 4) is 0 Å². The van der Waals surface area contributed by atoms with Gasteiger partial charge in [-0.15, -0.1) is 0 Å². The Bertz CT molecular complexity index is 899. The summed E-state index contributed by atoms with van der Waals surface area (Å²) >= 11 is 0. The normalized spacial score (nSPS) is 11.5. The maximum absolute atomic E-state index is 13.9. The molecule has 0 spiro atoms. The molecule has 7 nitrogen and oxygen atoms in total. The molecule has 0 aliphatic heterocycles. The molecule has 0 atom stereocenters. The maximum atomic E-state index is 13.9. The first-order chi connectivity index (χ1) is 12.6. The Labute approximate surface area is 149 Å². The van der Waals surface area contributed by atoms with Gasteiger partial charge in [-0.2, -0.15) is 18.3 Å². The summed E-state index contributed by atoms with van der Waals surface area (Å²) in [5, 5.41) is 12.7. The van der Waals surface area contributed by atoms with Gasteiger partial charge in [0.25, 0.3) is 11.8 Å². The van der Waals surface area contributed by atoms with Crippen LogP contribution in [0.3, 0.4) is 0 Å². The number of nitrogens with one attached hydrogen (secondary N) is 1. The molecule has 0 radical (unpaired) electrons. The number of amides is 2. The van der Waals surface area contributed by atoms with Crippen molar-refractivity contribution in [1.29, 1.82) is 0 Å². The second-order valence-corrected chi connectivity index (χ2v) is 5.15. The van der Waals surface area contributed by atoms with Crippen molar-refractivity contribution in [3.05, 3.63) is 64.7 Å². The van der Waals surface area contributed by atoms with Crippen LogP contribution < -0.4 is 5.48 Å². The number of hydrogen-bond donors (Lipinski definition) is 2. The lowest BCUT2D eigenvalue weighted by Crippen LogP contribution is -2.25. The van der Waals surface area contributed by atoms with Crippen LogP contribution in [0.25, 0.3) is 0 Å². The predicted octanol–water partition coefficient (Wildman–Crippen LogP) is 2.46. The highest BCUT2D eigenvalue weighted by Gasteiger charge is 2.35. The number of nitrogens with zero attached hydrogens (tertiary/aromatic N) is 3. The molecule has 2 rings (SSSR count). The van der Waals surface area contributed by atoms with E-state index < -0.39 is 34.9 Å². The van der Waals surface area contributed by atoms with E-state index in [9.17, 15) is 27.2 Å². The molecule has 2 aromatic rings. The topological polar surface area (TPSA) is 94.9 Å². The quantitative estimate of drug-likeness (QED) is 0.366. The smallest absolute Gasteiger partial charge is 0.288 e. The summed E-state index contributed by atoms with van der Waals surface area (Å²) in [7, 11) is 1.09. The third-order valence-corrected chi connectivity index (χ3v) is 3.34. The van der Waals surface area contributed by atoms with Gasteiger partial charge < -0.3 is 0 Å². The lowest BCUT2D eigenvalue weighted by atomic mass is 10.1. The number of carbonyl (C=O) groups is 2. The molecule has 2 N–H and O–H groups in total. The number of hydrogen-bond acceptors (Lipinski definition) is 5. The van der Waals surface area contributed by atoms with E-state index in [0.29, 0.717) is 5.01 Å². The number of hydrazone groups is 1. The fourth-order valence-corrected chi connectivity index (χ4v) is 2.02. The van der Waals surface area contributed by atoms with Gasteiger partial charge in [-0.1, -0.05) is 12.1 Å². The van der Waals surface area contributed by atoms with Crippen molar-refractivity contribution < 1.29 is 32.4 Å². The fourth-order valence-electron chi connectivity index (χ4n) is 2.02. The molecule has 1 aromatic carbocycles. The van der Waals surface area contributed by atoms with Crippen molar-refractivity contribution in [2.24, 2.45) is 5.10 Å². The van der Waals surface area contributed by atoms with Gasteiger partial charge in [0.2, 0.25) is 0 Å². The third kappa shape index (κ3) is 4.64. The molecule has 0 saturated heterocycles. The third-order valence-electron chi connectivity index (χ3n) is 3.34. The van der Waals surface area contributed by atoms with Gasteiger partial charge in [0.05, 0.1) is 22.9 Å². The number of benzene rings is 1. The van der Waals surface area contributed by atoms with E-state index in [1.807, 2.05) is 0 Å². The summed E-state index contributed by atoms with van der Waals surface area (Å²) in [4.78, 5) is 27.0. The van der Waals surface area contributed by atoms with Crippen LogP contribution in [-0.4, -0.2) is 40.3 Å². The van der Waals surface area contributed by atoms with Crippen molar-refractivity contribution >= 4 is 18.0 Å². The van der Waals surface area contributed by atoms with Gasteiger partial charge in [0.15, 0.2) is 5.82 Å². The predicted molar refractivity (Wildman–Crippen MR) is 84.6 cm³/mol. The van der Waals surface area contributed by atoms with Crippen LogP contribution in [0.15, 0.2) is 41.6 Å². The van der Waals surface area contributed by atoms with E-state index in [4.69, 9.17) is 5.21 Å². The zero-order chi connectivity index (χ0) is 20.2. The second-order valence-electron chi connectivity index (χ2n) is 5.15. The Kier molecular flexibility index (Phi) is 5.85. The standard InChI is InChI=1S/C16H12F4N4O3/c1-24(15(26)10-4-2-3-5-11(10)16(18,19)20)22-8-13-12(17)6-9(7-21-13)14(25)23-27/h2-8,27H,1H3,(H,23,25)/b22-8+. The summed E-state index contributed by atoms with van der Waals surface area (Å²) < 4.78 is 52.8. The number of carbonyl (C=O) groups excluding carboxylic acids is 2. The SMILES string of the molecule is CN(/N=C/c1ncc(C(=O)NO)cc1F)C(=O)c1ccccc1C(F)(F)F. The van der Waals surface area contributed by atoms with Crippen molar-refractivity contribution in [2.75, 3.05) is 7.05 Å². The average Bonchev–Trinajstić information content (AvgIpc) is 2.64. The number of alkyl halides is 3. The molecule has 11 heteroatoms. The summed E-state index contributed by atoms with van der Waals surface area (Å²) in [6, 6.07) is 4.94. The van der Waals surface area contributed by atoms with E-state index in [2.05, 4.69) is 10.1 Å². The summed E-state index contributed by atoms with van der Waals surface area (Å²) in [6.45, 7) is 0. The average molecular weight is 384 g/mol. The summed E-state index contributed by atoms with van der Waals surface area (Å²) in [5.41, 5.74) is -1.07. The molecular formula is C16H12F4N4O3. The van der Waals surface area contributed by atoms with Crippen LogP contribution in [0.4, 0.5) is 17.6 Å². The molecule has 0 aliphatic carbocycles. The fraction of sp³-hybridized carbons (Fsp3) is 0.125. The molecule has 1 aromatic heterocycles. The molecule has 0 bridgehead atoms. The molecule has 0 unspecified atom stereocenters. The monoisotopic (exact) mass is 384 g/mol. The minimum absolute atomic E-state index is 0.268. The minimum atomic E-state index is -4.73. The lowest BCUT2D eigenvalue weighted by molar-refractivity contribution is -0.138. The summed E-state index contributed by atoms with van der Waals surface area (Å²) in [6.07, 6.45) is -2.98. The Morgan fingerprint density at radius 1 is 1.30 bits per heavy atom. The molecule has 142 valence electrons.